The molecule has 0 amide bonds. The molecule has 0 radical (unpaired) electrons. The van der Waals surface area contributed by atoms with E-state index in [0.29, 0.717) is 0 Å². The summed E-state index contributed by atoms with van der Waals surface area (Å²) in [4.78, 5) is 0. The van der Waals surface area contributed by atoms with Gasteiger partial charge in [0.05, 0.1) is 16.7 Å². The first-order valence-corrected chi connectivity index (χ1v) is 13.8. The molecule has 0 aliphatic heterocycles. The van der Waals surface area contributed by atoms with Crippen LogP contribution < -0.4 is 0 Å². The smallest absolute Gasteiger partial charge is 0.0541 e. The molecule has 0 atom stereocenters. The third-order valence-electron chi connectivity index (χ3n) is 8.90. The fraction of sp³-hybridized carbons (Fsp3) is 0.0526. The van der Waals surface area contributed by atoms with E-state index in [1.807, 2.05) is 0 Å². The molecule has 0 saturated carbocycles. The summed E-state index contributed by atoms with van der Waals surface area (Å²) >= 11 is 0. The lowest BCUT2D eigenvalue weighted by atomic mass is 9.89. The third kappa shape index (κ3) is 2.85. The van der Waals surface area contributed by atoms with Crippen molar-refractivity contribution in [3.8, 4) is 39.1 Å². The van der Waals surface area contributed by atoms with Gasteiger partial charge in [-0.15, -0.1) is 0 Å². The first kappa shape index (κ1) is 21.1. The lowest BCUT2D eigenvalue weighted by Gasteiger charge is -2.15. The Kier molecular flexibility index (Phi) is 4.23. The largest absolute Gasteiger partial charge is 0.309 e. The highest BCUT2D eigenvalue weighted by Gasteiger charge is 2.28. The number of hydrogen-bond donors (Lipinski definition) is 0. The van der Waals surface area contributed by atoms with Crippen molar-refractivity contribution in [3.05, 3.63) is 150 Å². The van der Waals surface area contributed by atoms with E-state index in [2.05, 4.69) is 132 Å². The maximum absolute atomic E-state index is 2.48. The molecule has 1 aromatic heterocycles. The molecule has 0 fully saturated rings. The number of aromatic nitrogens is 1. The number of fused-ring (bicyclic) bond motifs is 9. The second kappa shape index (κ2) is 7.82. The predicted octanol–water partition coefficient (Wildman–Crippen LogP) is 9.59. The Bertz CT molecular complexity index is 2070. The van der Waals surface area contributed by atoms with E-state index in [0.717, 1.165) is 12.8 Å². The van der Waals surface area contributed by atoms with Crippen molar-refractivity contribution in [2.24, 2.45) is 0 Å². The highest BCUT2D eigenvalue weighted by Crippen LogP contribution is 2.49. The molecule has 2 aliphatic rings. The second-order valence-corrected chi connectivity index (χ2v) is 10.9. The van der Waals surface area contributed by atoms with Gasteiger partial charge in [0.15, 0.2) is 0 Å². The van der Waals surface area contributed by atoms with Crippen molar-refractivity contribution in [3.63, 3.8) is 0 Å². The number of benzene rings is 6. The van der Waals surface area contributed by atoms with Crippen molar-refractivity contribution in [2.45, 2.75) is 12.8 Å². The first-order chi connectivity index (χ1) is 19.4. The Balaban J connectivity index is 1.28. The number of rotatable bonds is 2. The topological polar surface area (TPSA) is 4.93 Å². The molecule has 0 saturated heterocycles. The van der Waals surface area contributed by atoms with Gasteiger partial charge in [-0.1, -0.05) is 109 Å². The molecule has 0 spiro atoms. The van der Waals surface area contributed by atoms with Crippen LogP contribution in [-0.2, 0) is 12.8 Å². The van der Waals surface area contributed by atoms with Gasteiger partial charge >= 0.3 is 0 Å². The minimum absolute atomic E-state index is 0.949. The molecule has 7 aromatic rings. The summed E-state index contributed by atoms with van der Waals surface area (Å²) in [5.41, 5.74) is 17.8. The van der Waals surface area contributed by atoms with Crippen molar-refractivity contribution >= 4 is 21.8 Å². The second-order valence-electron chi connectivity index (χ2n) is 10.9. The van der Waals surface area contributed by atoms with E-state index in [4.69, 9.17) is 0 Å². The predicted molar refractivity (Wildman–Crippen MR) is 163 cm³/mol. The van der Waals surface area contributed by atoms with Crippen molar-refractivity contribution in [1.82, 2.24) is 4.57 Å². The Morgan fingerprint density at radius 3 is 1.74 bits per heavy atom. The van der Waals surface area contributed by atoms with Gasteiger partial charge in [-0.05, 0) is 80.3 Å². The summed E-state index contributed by atoms with van der Waals surface area (Å²) in [5, 5.41) is 2.61. The van der Waals surface area contributed by atoms with E-state index >= 15 is 0 Å². The number of para-hydroxylation sites is 2. The molecule has 39 heavy (non-hydrogen) atoms. The molecule has 6 aromatic carbocycles. The molecule has 1 heteroatoms. The van der Waals surface area contributed by atoms with E-state index in [1.165, 1.54) is 83.1 Å². The highest BCUT2D eigenvalue weighted by atomic mass is 15.0. The van der Waals surface area contributed by atoms with Gasteiger partial charge in [-0.2, -0.15) is 0 Å². The van der Waals surface area contributed by atoms with E-state index < -0.39 is 0 Å². The Hall–Kier alpha value is -4.88. The maximum atomic E-state index is 2.48. The van der Waals surface area contributed by atoms with E-state index in [1.54, 1.807) is 0 Å². The molecule has 9 rings (SSSR count). The SMILES string of the molecule is c1ccc2c(c1)Cc1c-2cccc1-c1cccc2c1-c1cccc(-n3c4ccccc4c4ccccc43)c1C2. The average molecular weight is 496 g/mol. The minimum atomic E-state index is 0.949. The summed E-state index contributed by atoms with van der Waals surface area (Å²) in [6.45, 7) is 0. The normalized spacial score (nSPS) is 12.9. The van der Waals surface area contributed by atoms with Crippen molar-refractivity contribution < 1.29 is 0 Å². The van der Waals surface area contributed by atoms with Gasteiger partial charge in [0.1, 0.15) is 0 Å². The zero-order valence-electron chi connectivity index (χ0n) is 21.5. The van der Waals surface area contributed by atoms with Crippen molar-refractivity contribution in [1.29, 1.82) is 0 Å². The van der Waals surface area contributed by atoms with Crippen LogP contribution in [-0.4, -0.2) is 4.57 Å². The molecule has 0 unspecified atom stereocenters. The zero-order chi connectivity index (χ0) is 25.5. The van der Waals surface area contributed by atoms with Crippen LogP contribution in [0, 0.1) is 0 Å². The Labute approximate surface area is 227 Å². The molecular formula is C38H25N. The van der Waals surface area contributed by atoms with Crippen LogP contribution in [0.15, 0.2) is 127 Å². The standard InChI is InChI=1S/C38H25N/c1-2-12-26-24(10-1)22-33-27(26)15-8-16-28(33)31-17-7-11-25-23-34-32(38(25)31)18-9-21-37(34)39-35-19-5-3-13-29(35)30-14-4-6-20-36(30)39/h1-21H,22-23H2. The summed E-state index contributed by atoms with van der Waals surface area (Å²) < 4.78 is 2.48. The minimum Gasteiger partial charge on any atom is -0.309 e. The summed E-state index contributed by atoms with van der Waals surface area (Å²) in [6, 6.07) is 47.1. The van der Waals surface area contributed by atoms with Crippen LogP contribution in [0.5, 0.6) is 0 Å². The lowest BCUT2D eigenvalue weighted by molar-refractivity contribution is 1.12. The van der Waals surface area contributed by atoms with Crippen LogP contribution in [0.4, 0.5) is 0 Å². The van der Waals surface area contributed by atoms with Crippen molar-refractivity contribution in [2.75, 3.05) is 0 Å². The highest BCUT2D eigenvalue weighted by molar-refractivity contribution is 6.09. The number of nitrogens with zero attached hydrogens (tertiary/aromatic N) is 1. The molecule has 2 aliphatic carbocycles. The van der Waals surface area contributed by atoms with E-state index in [9.17, 15) is 0 Å². The first-order valence-electron chi connectivity index (χ1n) is 13.8. The van der Waals surface area contributed by atoms with Gasteiger partial charge in [0.2, 0.25) is 0 Å². The van der Waals surface area contributed by atoms with Crippen LogP contribution >= 0.6 is 0 Å². The summed E-state index contributed by atoms with van der Waals surface area (Å²) in [7, 11) is 0. The molecule has 0 bridgehead atoms. The monoisotopic (exact) mass is 495 g/mol. The van der Waals surface area contributed by atoms with Crippen LogP contribution in [0.1, 0.15) is 22.3 Å². The van der Waals surface area contributed by atoms with E-state index in [-0.39, 0.29) is 0 Å². The van der Waals surface area contributed by atoms with Gasteiger partial charge in [0, 0.05) is 17.2 Å². The molecule has 1 nitrogen and oxygen atoms in total. The third-order valence-corrected chi connectivity index (χ3v) is 8.90. The Morgan fingerprint density at radius 1 is 0.385 bits per heavy atom. The lowest BCUT2D eigenvalue weighted by Crippen LogP contribution is -1.99. The zero-order valence-corrected chi connectivity index (χ0v) is 21.5. The molecule has 0 N–H and O–H groups in total. The summed E-state index contributed by atoms with van der Waals surface area (Å²) in [5.74, 6) is 0. The molecule has 1 heterocycles. The van der Waals surface area contributed by atoms with Gasteiger partial charge in [-0.25, -0.2) is 0 Å². The van der Waals surface area contributed by atoms with Gasteiger partial charge < -0.3 is 4.57 Å². The van der Waals surface area contributed by atoms with Crippen LogP contribution in [0.2, 0.25) is 0 Å². The fourth-order valence-electron chi connectivity index (χ4n) is 7.28. The summed E-state index contributed by atoms with van der Waals surface area (Å²) in [6.07, 6.45) is 1.95. The molecule has 182 valence electrons. The fourth-order valence-corrected chi connectivity index (χ4v) is 7.28. The van der Waals surface area contributed by atoms with Gasteiger partial charge in [0.25, 0.3) is 0 Å². The Morgan fingerprint density at radius 2 is 0.923 bits per heavy atom. The maximum Gasteiger partial charge on any atom is 0.0541 e. The average Bonchev–Trinajstić information content (AvgIpc) is 3.67. The quantitative estimate of drug-likeness (QED) is 0.225. The van der Waals surface area contributed by atoms with Gasteiger partial charge in [-0.3, -0.25) is 0 Å². The number of hydrogen-bond acceptors (Lipinski definition) is 0. The van der Waals surface area contributed by atoms with Crippen LogP contribution in [0.3, 0.4) is 0 Å². The molecular weight excluding hydrogens is 470 g/mol. The van der Waals surface area contributed by atoms with Crippen LogP contribution in [0.25, 0.3) is 60.9 Å².